The Kier molecular flexibility index (Phi) is 4.32. The summed E-state index contributed by atoms with van der Waals surface area (Å²) in [5.74, 6) is 0.452. The average Bonchev–Trinajstić information content (AvgIpc) is 2.54. The summed E-state index contributed by atoms with van der Waals surface area (Å²) in [5, 5.41) is 1.93. The molecule has 0 amide bonds. The number of benzene rings is 2. The summed E-state index contributed by atoms with van der Waals surface area (Å²) in [5.41, 5.74) is 1.70. The smallest absolute Gasteiger partial charge is 0.338 e. The van der Waals surface area contributed by atoms with E-state index in [0.717, 1.165) is 34.9 Å². The number of carbonyl (C=O) groups excluding carboxylic acids is 1. The molecule has 116 valence electrons. The van der Waals surface area contributed by atoms with Gasteiger partial charge < -0.3 is 9.47 Å². The maximum absolute atomic E-state index is 12.1. The van der Waals surface area contributed by atoms with Crippen LogP contribution in [0.1, 0.15) is 48.0 Å². The highest BCUT2D eigenvalue weighted by Gasteiger charge is 2.18. The van der Waals surface area contributed by atoms with Gasteiger partial charge in [-0.25, -0.2) is 4.79 Å². The normalized spacial score (nSPS) is 15.7. The molecule has 0 atom stereocenters. The molecule has 0 radical (unpaired) electrons. The molecule has 3 rings (SSSR count). The SMILES string of the molecule is COC(=O)c1cc(OC2CCCCC2)cc2ccc(C)cc12. The zero-order valence-corrected chi connectivity index (χ0v) is 13.2. The molecule has 0 bridgehead atoms. The van der Waals surface area contributed by atoms with E-state index in [0.29, 0.717) is 5.56 Å². The third-order valence-electron chi connectivity index (χ3n) is 4.34. The van der Waals surface area contributed by atoms with Gasteiger partial charge >= 0.3 is 5.97 Å². The summed E-state index contributed by atoms with van der Waals surface area (Å²) in [6, 6.07) is 9.95. The Bertz CT molecular complexity index is 684. The van der Waals surface area contributed by atoms with Gasteiger partial charge in [0.15, 0.2) is 0 Å². The van der Waals surface area contributed by atoms with E-state index in [1.54, 1.807) is 0 Å². The lowest BCUT2D eigenvalue weighted by Gasteiger charge is -2.23. The molecule has 1 aliphatic carbocycles. The van der Waals surface area contributed by atoms with Gasteiger partial charge in [0.1, 0.15) is 5.75 Å². The summed E-state index contributed by atoms with van der Waals surface area (Å²) in [7, 11) is 1.42. The molecule has 0 spiro atoms. The Morgan fingerprint density at radius 3 is 2.59 bits per heavy atom. The Hall–Kier alpha value is -2.03. The van der Waals surface area contributed by atoms with Crippen molar-refractivity contribution in [2.75, 3.05) is 7.11 Å². The van der Waals surface area contributed by atoms with E-state index in [1.807, 2.05) is 37.3 Å². The fraction of sp³-hybridized carbons (Fsp3) is 0.421. The molecular formula is C19H22O3. The van der Waals surface area contributed by atoms with Gasteiger partial charge in [-0.15, -0.1) is 0 Å². The number of rotatable bonds is 3. The first-order valence-electron chi connectivity index (χ1n) is 7.97. The second-order valence-corrected chi connectivity index (χ2v) is 6.06. The highest BCUT2D eigenvalue weighted by atomic mass is 16.5. The van der Waals surface area contributed by atoms with Gasteiger partial charge in [0.25, 0.3) is 0 Å². The van der Waals surface area contributed by atoms with Crippen molar-refractivity contribution < 1.29 is 14.3 Å². The van der Waals surface area contributed by atoms with Crippen LogP contribution in [0.4, 0.5) is 0 Å². The van der Waals surface area contributed by atoms with Crippen molar-refractivity contribution in [3.8, 4) is 5.75 Å². The molecule has 0 saturated heterocycles. The van der Waals surface area contributed by atoms with Crippen LogP contribution in [0.2, 0.25) is 0 Å². The number of hydrogen-bond acceptors (Lipinski definition) is 3. The summed E-state index contributed by atoms with van der Waals surface area (Å²) < 4.78 is 11.1. The third kappa shape index (κ3) is 3.08. The van der Waals surface area contributed by atoms with Gasteiger partial charge in [-0.3, -0.25) is 0 Å². The van der Waals surface area contributed by atoms with Crippen molar-refractivity contribution in [2.24, 2.45) is 0 Å². The number of fused-ring (bicyclic) bond motifs is 1. The van der Waals surface area contributed by atoms with Gasteiger partial charge in [0.05, 0.1) is 18.8 Å². The molecule has 0 aromatic heterocycles. The van der Waals surface area contributed by atoms with Crippen LogP contribution in [-0.4, -0.2) is 19.2 Å². The average molecular weight is 298 g/mol. The minimum Gasteiger partial charge on any atom is -0.490 e. The zero-order valence-electron chi connectivity index (χ0n) is 13.2. The van der Waals surface area contributed by atoms with Gasteiger partial charge in [0, 0.05) is 0 Å². The summed E-state index contributed by atoms with van der Waals surface area (Å²) in [4.78, 5) is 12.1. The number of methoxy groups -OCH3 is 1. The Labute approximate surface area is 131 Å². The van der Waals surface area contributed by atoms with Gasteiger partial charge in [-0.2, -0.15) is 0 Å². The molecule has 0 heterocycles. The van der Waals surface area contributed by atoms with Crippen molar-refractivity contribution in [2.45, 2.75) is 45.1 Å². The quantitative estimate of drug-likeness (QED) is 0.774. The van der Waals surface area contributed by atoms with E-state index in [9.17, 15) is 4.79 Å². The molecule has 0 N–H and O–H groups in total. The summed E-state index contributed by atoms with van der Waals surface area (Å²) >= 11 is 0. The van der Waals surface area contributed by atoms with Crippen LogP contribution < -0.4 is 4.74 Å². The standard InChI is InChI=1S/C19H22O3/c1-13-8-9-14-11-16(22-15-6-4-3-5-7-15)12-18(17(14)10-13)19(20)21-2/h8-12,15H,3-7H2,1-2H3. The highest BCUT2D eigenvalue weighted by molar-refractivity contribution is 6.05. The lowest BCUT2D eigenvalue weighted by molar-refractivity contribution is 0.0602. The van der Waals surface area contributed by atoms with E-state index in [4.69, 9.17) is 9.47 Å². The lowest BCUT2D eigenvalue weighted by Crippen LogP contribution is -2.19. The van der Waals surface area contributed by atoms with Crippen molar-refractivity contribution >= 4 is 16.7 Å². The van der Waals surface area contributed by atoms with Crippen LogP contribution in [0.5, 0.6) is 5.75 Å². The molecule has 0 aliphatic heterocycles. The number of esters is 1. The fourth-order valence-electron chi connectivity index (χ4n) is 3.17. The third-order valence-corrected chi connectivity index (χ3v) is 4.34. The minimum absolute atomic E-state index is 0.266. The number of aryl methyl sites for hydroxylation is 1. The van der Waals surface area contributed by atoms with Crippen LogP contribution >= 0.6 is 0 Å². The molecule has 22 heavy (non-hydrogen) atoms. The Morgan fingerprint density at radius 2 is 1.86 bits per heavy atom. The molecule has 3 heteroatoms. The summed E-state index contributed by atoms with van der Waals surface area (Å²) in [6.07, 6.45) is 6.20. The van der Waals surface area contributed by atoms with Gasteiger partial charge in [-0.05, 0) is 55.5 Å². The van der Waals surface area contributed by atoms with Crippen molar-refractivity contribution in [1.29, 1.82) is 0 Å². The van der Waals surface area contributed by atoms with E-state index in [2.05, 4.69) is 0 Å². The lowest BCUT2D eigenvalue weighted by atomic mass is 9.97. The first kappa shape index (κ1) is 14.9. The Morgan fingerprint density at radius 1 is 1.09 bits per heavy atom. The van der Waals surface area contributed by atoms with E-state index in [-0.39, 0.29) is 12.1 Å². The predicted molar refractivity (Wildman–Crippen MR) is 87.5 cm³/mol. The second kappa shape index (κ2) is 6.39. The molecule has 2 aromatic carbocycles. The highest BCUT2D eigenvalue weighted by Crippen LogP contribution is 2.30. The first-order chi connectivity index (χ1) is 10.7. The largest absolute Gasteiger partial charge is 0.490 e. The fourth-order valence-corrected chi connectivity index (χ4v) is 3.17. The van der Waals surface area contributed by atoms with E-state index in [1.165, 1.54) is 26.4 Å². The first-order valence-corrected chi connectivity index (χ1v) is 7.97. The Balaban J connectivity index is 2.00. The second-order valence-electron chi connectivity index (χ2n) is 6.06. The van der Waals surface area contributed by atoms with Crippen molar-refractivity contribution in [1.82, 2.24) is 0 Å². The van der Waals surface area contributed by atoms with Gasteiger partial charge in [0.2, 0.25) is 0 Å². The molecule has 3 nitrogen and oxygen atoms in total. The van der Waals surface area contributed by atoms with E-state index >= 15 is 0 Å². The van der Waals surface area contributed by atoms with Crippen LogP contribution in [0.3, 0.4) is 0 Å². The number of carbonyl (C=O) groups is 1. The van der Waals surface area contributed by atoms with Crippen LogP contribution in [0, 0.1) is 6.92 Å². The molecule has 1 saturated carbocycles. The molecule has 0 unspecified atom stereocenters. The minimum atomic E-state index is -0.315. The topological polar surface area (TPSA) is 35.5 Å². The number of ether oxygens (including phenoxy) is 2. The summed E-state index contributed by atoms with van der Waals surface area (Å²) in [6.45, 7) is 2.02. The zero-order chi connectivity index (χ0) is 15.5. The van der Waals surface area contributed by atoms with Gasteiger partial charge in [-0.1, -0.05) is 30.2 Å². The maximum Gasteiger partial charge on any atom is 0.338 e. The monoisotopic (exact) mass is 298 g/mol. The molecule has 1 aliphatic rings. The van der Waals surface area contributed by atoms with Crippen LogP contribution in [0.25, 0.3) is 10.8 Å². The molecular weight excluding hydrogens is 276 g/mol. The van der Waals surface area contributed by atoms with Crippen LogP contribution in [0.15, 0.2) is 30.3 Å². The van der Waals surface area contributed by atoms with Crippen molar-refractivity contribution in [3.05, 3.63) is 41.5 Å². The maximum atomic E-state index is 12.1. The van der Waals surface area contributed by atoms with E-state index < -0.39 is 0 Å². The number of hydrogen-bond donors (Lipinski definition) is 0. The predicted octanol–water partition coefficient (Wildman–Crippen LogP) is 4.65. The van der Waals surface area contributed by atoms with Crippen LogP contribution in [-0.2, 0) is 4.74 Å². The van der Waals surface area contributed by atoms with Crippen molar-refractivity contribution in [3.63, 3.8) is 0 Å². The molecule has 1 fully saturated rings. The molecule has 2 aromatic rings.